The maximum absolute atomic E-state index is 14.0. The highest BCUT2D eigenvalue weighted by molar-refractivity contribution is 6.04. The Bertz CT molecular complexity index is 1210. The van der Waals surface area contributed by atoms with Crippen molar-refractivity contribution in [1.82, 2.24) is 4.90 Å². The van der Waals surface area contributed by atoms with Gasteiger partial charge in [0.15, 0.2) is 17.7 Å². The number of carbonyl (C=O) groups excluding carboxylic acids is 5. The number of hydrogen-bond acceptors (Lipinski definition) is 8. The van der Waals surface area contributed by atoms with Gasteiger partial charge in [-0.15, -0.1) is 0 Å². The standard InChI is InChI=1S/C32H37NO8/c1-23(35)41-30(29(37)18-17-27(36)16-10-2-3-11-19-34)28(21-25-14-8-5-9-15-25)31(38)33-26(22-40-32(33)39)20-24-12-6-4-7-13-24/h4-9,12-15,17-18,26,28,30,34H,2-3,10-11,16,19-22H2,1H3/t26-,28+,30-/m0/s1. The van der Waals surface area contributed by atoms with Crippen molar-refractivity contribution < 1.29 is 38.6 Å². The minimum absolute atomic E-state index is 0.00356. The highest BCUT2D eigenvalue weighted by atomic mass is 16.6. The summed E-state index contributed by atoms with van der Waals surface area (Å²) in [5.41, 5.74) is 1.60. The van der Waals surface area contributed by atoms with Gasteiger partial charge in [0.05, 0.1) is 12.0 Å². The number of ether oxygens (including phenoxy) is 2. The van der Waals surface area contributed by atoms with Crippen LogP contribution in [0.4, 0.5) is 4.79 Å². The molecule has 0 aromatic heterocycles. The van der Waals surface area contributed by atoms with Crippen LogP contribution in [0.5, 0.6) is 0 Å². The average molecular weight is 564 g/mol. The lowest BCUT2D eigenvalue weighted by atomic mass is 9.89. The molecule has 3 rings (SSSR count). The molecular formula is C32H37NO8. The maximum Gasteiger partial charge on any atom is 0.416 e. The molecule has 41 heavy (non-hydrogen) atoms. The molecule has 2 aromatic carbocycles. The Hall–Kier alpha value is -4.11. The molecule has 218 valence electrons. The Morgan fingerprint density at radius 2 is 1.59 bits per heavy atom. The molecule has 2 aromatic rings. The number of benzene rings is 2. The van der Waals surface area contributed by atoms with Crippen LogP contribution >= 0.6 is 0 Å². The predicted molar refractivity (Wildman–Crippen MR) is 151 cm³/mol. The average Bonchev–Trinajstić information content (AvgIpc) is 3.33. The van der Waals surface area contributed by atoms with Crippen LogP contribution in [0.2, 0.25) is 0 Å². The molecule has 0 spiro atoms. The molecule has 1 aliphatic rings. The van der Waals surface area contributed by atoms with Crippen molar-refractivity contribution in [3.63, 3.8) is 0 Å². The number of hydrogen-bond donors (Lipinski definition) is 1. The van der Waals surface area contributed by atoms with Crippen LogP contribution in [0.25, 0.3) is 0 Å². The number of aliphatic hydroxyl groups excluding tert-OH is 1. The number of allylic oxidation sites excluding steroid dienone is 1. The fourth-order valence-electron chi connectivity index (χ4n) is 4.77. The number of rotatable bonds is 16. The molecule has 2 amide bonds. The van der Waals surface area contributed by atoms with Crippen molar-refractivity contribution >= 4 is 29.5 Å². The van der Waals surface area contributed by atoms with Crippen LogP contribution in [0.15, 0.2) is 72.8 Å². The predicted octanol–water partition coefficient (Wildman–Crippen LogP) is 4.00. The number of aliphatic hydroxyl groups is 1. The van der Waals surface area contributed by atoms with Gasteiger partial charge in [-0.1, -0.05) is 73.5 Å². The number of unbranched alkanes of at least 4 members (excludes halogenated alkanes) is 3. The van der Waals surface area contributed by atoms with E-state index in [4.69, 9.17) is 14.6 Å². The zero-order valence-electron chi connectivity index (χ0n) is 23.3. The molecule has 0 unspecified atom stereocenters. The number of esters is 1. The van der Waals surface area contributed by atoms with Gasteiger partial charge in [0.1, 0.15) is 6.61 Å². The number of carbonyl (C=O) groups is 5. The van der Waals surface area contributed by atoms with Gasteiger partial charge >= 0.3 is 12.1 Å². The smallest absolute Gasteiger partial charge is 0.416 e. The molecule has 1 aliphatic heterocycles. The van der Waals surface area contributed by atoms with E-state index in [1.165, 1.54) is 0 Å². The van der Waals surface area contributed by atoms with Crippen LogP contribution in [-0.4, -0.2) is 64.9 Å². The van der Waals surface area contributed by atoms with E-state index >= 15 is 0 Å². The molecule has 0 radical (unpaired) electrons. The van der Waals surface area contributed by atoms with E-state index < -0.39 is 41.8 Å². The molecule has 9 nitrogen and oxygen atoms in total. The van der Waals surface area contributed by atoms with Crippen molar-refractivity contribution in [3.8, 4) is 0 Å². The Labute approximate surface area is 240 Å². The van der Waals surface area contributed by atoms with Gasteiger partial charge in [0.25, 0.3) is 0 Å². The van der Waals surface area contributed by atoms with Gasteiger partial charge in [0, 0.05) is 20.0 Å². The molecule has 0 saturated carbocycles. The minimum atomic E-state index is -1.56. The second kappa shape index (κ2) is 16.2. The van der Waals surface area contributed by atoms with Crippen molar-refractivity contribution in [2.24, 2.45) is 5.92 Å². The van der Waals surface area contributed by atoms with Gasteiger partial charge in [-0.05, 0) is 49.0 Å². The second-order valence-electron chi connectivity index (χ2n) is 10.0. The molecule has 0 aliphatic carbocycles. The lowest BCUT2D eigenvalue weighted by molar-refractivity contribution is -0.158. The monoisotopic (exact) mass is 563 g/mol. The maximum atomic E-state index is 14.0. The van der Waals surface area contributed by atoms with Crippen molar-refractivity contribution in [1.29, 1.82) is 0 Å². The van der Waals surface area contributed by atoms with Crippen LogP contribution in [0, 0.1) is 5.92 Å². The third-order valence-electron chi connectivity index (χ3n) is 6.83. The quantitative estimate of drug-likeness (QED) is 0.184. The van der Waals surface area contributed by atoms with Crippen molar-refractivity contribution in [2.45, 2.75) is 64.0 Å². The summed E-state index contributed by atoms with van der Waals surface area (Å²) in [6.07, 6.45) is 3.24. The number of imide groups is 1. The molecule has 1 N–H and O–H groups in total. The molecule has 0 bridgehead atoms. The summed E-state index contributed by atoms with van der Waals surface area (Å²) in [5, 5.41) is 8.87. The Morgan fingerprint density at radius 1 is 0.951 bits per heavy atom. The summed E-state index contributed by atoms with van der Waals surface area (Å²) in [6, 6.07) is 17.6. The molecule has 1 fully saturated rings. The minimum Gasteiger partial charge on any atom is -0.453 e. The molecular weight excluding hydrogens is 526 g/mol. The van der Waals surface area contributed by atoms with Crippen LogP contribution in [0.3, 0.4) is 0 Å². The van der Waals surface area contributed by atoms with Crippen LogP contribution in [-0.2, 0) is 41.5 Å². The zero-order chi connectivity index (χ0) is 29.6. The summed E-state index contributed by atoms with van der Waals surface area (Å²) in [4.78, 5) is 65.7. The largest absolute Gasteiger partial charge is 0.453 e. The molecule has 3 atom stereocenters. The number of ketones is 2. The van der Waals surface area contributed by atoms with Gasteiger partial charge < -0.3 is 14.6 Å². The second-order valence-corrected chi connectivity index (χ2v) is 10.0. The van der Waals surface area contributed by atoms with Gasteiger partial charge in [-0.2, -0.15) is 0 Å². The lowest BCUT2D eigenvalue weighted by Crippen LogP contribution is -2.49. The van der Waals surface area contributed by atoms with E-state index in [1.54, 1.807) is 30.3 Å². The highest BCUT2D eigenvalue weighted by Crippen LogP contribution is 2.26. The van der Waals surface area contributed by atoms with Crippen LogP contribution in [0.1, 0.15) is 50.2 Å². The topological polar surface area (TPSA) is 127 Å². The van der Waals surface area contributed by atoms with Gasteiger partial charge in [0.2, 0.25) is 5.91 Å². The summed E-state index contributed by atoms with van der Waals surface area (Å²) in [5.74, 6) is -3.71. The Balaban J connectivity index is 1.85. The summed E-state index contributed by atoms with van der Waals surface area (Å²) in [6.45, 7) is 1.23. The third kappa shape index (κ3) is 9.79. The van der Waals surface area contributed by atoms with Gasteiger partial charge in [-0.3, -0.25) is 19.2 Å². The summed E-state index contributed by atoms with van der Waals surface area (Å²) in [7, 11) is 0. The number of nitrogens with zero attached hydrogens (tertiary/aromatic N) is 1. The van der Waals surface area contributed by atoms with E-state index in [-0.39, 0.29) is 31.8 Å². The zero-order valence-corrected chi connectivity index (χ0v) is 23.3. The number of amides is 2. The Morgan fingerprint density at radius 3 is 2.22 bits per heavy atom. The molecule has 1 saturated heterocycles. The SMILES string of the molecule is CC(=O)O[C@H](C(=O)C=CC(=O)CCCCCCO)[C@@H](Cc1ccccc1)C(=O)N1C(=O)OC[C@@H]1Cc1ccccc1. The van der Waals surface area contributed by atoms with Gasteiger partial charge in [-0.25, -0.2) is 9.69 Å². The fraction of sp³-hybridized carbons (Fsp3) is 0.406. The van der Waals surface area contributed by atoms with E-state index in [9.17, 15) is 24.0 Å². The molecule has 9 heteroatoms. The highest BCUT2D eigenvalue weighted by Gasteiger charge is 2.45. The first-order chi connectivity index (χ1) is 19.8. The van der Waals surface area contributed by atoms with E-state index in [1.807, 2.05) is 30.3 Å². The fourth-order valence-corrected chi connectivity index (χ4v) is 4.77. The van der Waals surface area contributed by atoms with Crippen LogP contribution < -0.4 is 0 Å². The lowest BCUT2D eigenvalue weighted by Gasteiger charge is -2.29. The Kier molecular flexibility index (Phi) is 12.4. The molecule has 1 heterocycles. The first-order valence-electron chi connectivity index (χ1n) is 13.9. The van der Waals surface area contributed by atoms with Crippen molar-refractivity contribution in [3.05, 3.63) is 83.9 Å². The number of cyclic esters (lactones) is 1. The van der Waals surface area contributed by atoms with Crippen molar-refractivity contribution in [2.75, 3.05) is 13.2 Å². The van der Waals surface area contributed by atoms with E-state index in [0.29, 0.717) is 24.8 Å². The summed E-state index contributed by atoms with van der Waals surface area (Å²) < 4.78 is 10.6. The van der Waals surface area contributed by atoms with E-state index in [0.717, 1.165) is 42.4 Å². The summed E-state index contributed by atoms with van der Waals surface area (Å²) >= 11 is 0. The third-order valence-corrected chi connectivity index (χ3v) is 6.83. The first kappa shape index (κ1) is 31.4. The van der Waals surface area contributed by atoms with E-state index in [2.05, 4.69) is 0 Å². The first-order valence-corrected chi connectivity index (χ1v) is 13.9. The normalized spacial score (nSPS) is 16.3.